The molecular formula is C25H32N4OS. The molecule has 2 aromatic carbocycles. The van der Waals surface area contributed by atoms with Crippen molar-refractivity contribution in [3.63, 3.8) is 0 Å². The van der Waals surface area contributed by atoms with Crippen molar-refractivity contribution in [3.05, 3.63) is 65.2 Å². The molecule has 0 radical (unpaired) electrons. The monoisotopic (exact) mass is 436 g/mol. The molecule has 0 spiro atoms. The maximum Gasteiger partial charge on any atom is 0.220 e. The van der Waals surface area contributed by atoms with Crippen LogP contribution in [0.1, 0.15) is 29.8 Å². The number of nitrogens with one attached hydrogen (secondary N) is 1. The first-order valence-electron chi connectivity index (χ1n) is 11.4. The number of benzene rings is 2. The van der Waals surface area contributed by atoms with Gasteiger partial charge in [-0.3, -0.25) is 9.69 Å². The summed E-state index contributed by atoms with van der Waals surface area (Å²) in [5.74, 6) is 0.133. The maximum atomic E-state index is 12.1. The number of carbonyl (C=O) groups is 1. The van der Waals surface area contributed by atoms with Crippen LogP contribution in [0.25, 0.3) is 10.2 Å². The number of carbonyl (C=O) groups excluding carboxylic acids is 1. The molecule has 1 N–H and O–H groups in total. The fraction of sp³-hybridized carbons (Fsp3) is 0.440. The zero-order valence-corrected chi connectivity index (χ0v) is 18.9. The van der Waals surface area contributed by atoms with Crippen molar-refractivity contribution in [2.75, 3.05) is 39.3 Å². The Kier molecular flexibility index (Phi) is 8.04. The molecule has 0 atom stereocenters. The molecule has 0 aliphatic carbocycles. The molecule has 0 saturated carbocycles. The zero-order chi connectivity index (χ0) is 21.3. The van der Waals surface area contributed by atoms with Gasteiger partial charge in [0.25, 0.3) is 0 Å². The van der Waals surface area contributed by atoms with Crippen molar-refractivity contribution in [3.8, 4) is 0 Å². The molecule has 6 heteroatoms. The minimum Gasteiger partial charge on any atom is -0.356 e. The van der Waals surface area contributed by atoms with Gasteiger partial charge in [0.15, 0.2) is 0 Å². The lowest BCUT2D eigenvalue weighted by Crippen LogP contribution is -2.46. The highest BCUT2D eigenvalue weighted by Gasteiger charge is 2.16. The van der Waals surface area contributed by atoms with E-state index >= 15 is 0 Å². The van der Waals surface area contributed by atoms with Crippen LogP contribution in [0.5, 0.6) is 0 Å². The van der Waals surface area contributed by atoms with Gasteiger partial charge in [-0.15, -0.1) is 11.3 Å². The van der Waals surface area contributed by atoms with Gasteiger partial charge in [0.05, 0.1) is 15.2 Å². The quantitative estimate of drug-likeness (QED) is 0.489. The van der Waals surface area contributed by atoms with E-state index in [9.17, 15) is 4.79 Å². The van der Waals surface area contributed by atoms with Gasteiger partial charge in [-0.25, -0.2) is 4.98 Å². The molecule has 1 aromatic heterocycles. The van der Waals surface area contributed by atoms with Crippen LogP contribution in [0.2, 0.25) is 0 Å². The van der Waals surface area contributed by atoms with Crippen LogP contribution < -0.4 is 5.32 Å². The van der Waals surface area contributed by atoms with Crippen molar-refractivity contribution in [1.29, 1.82) is 0 Å². The van der Waals surface area contributed by atoms with Crippen molar-refractivity contribution in [2.45, 2.75) is 32.2 Å². The van der Waals surface area contributed by atoms with Crippen LogP contribution in [0.4, 0.5) is 0 Å². The van der Waals surface area contributed by atoms with Gasteiger partial charge in [-0.1, -0.05) is 42.5 Å². The third-order valence-corrected chi connectivity index (χ3v) is 6.94. The number of nitrogens with zero attached hydrogens (tertiary/aromatic N) is 3. The van der Waals surface area contributed by atoms with Gasteiger partial charge in [-0.05, 0) is 37.1 Å². The summed E-state index contributed by atoms with van der Waals surface area (Å²) in [4.78, 5) is 21.8. The van der Waals surface area contributed by atoms with Crippen LogP contribution in [-0.2, 0) is 17.8 Å². The molecule has 4 rings (SSSR count). The Morgan fingerprint density at radius 3 is 2.48 bits per heavy atom. The van der Waals surface area contributed by atoms with E-state index in [1.54, 1.807) is 11.3 Å². The van der Waals surface area contributed by atoms with Gasteiger partial charge in [0.1, 0.15) is 0 Å². The fourth-order valence-corrected chi connectivity index (χ4v) is 5.00. The predicted molar refractivity (Wildman–Crippen MR) is 128 cm³/mol. The van der Waals surface area contributed by atoms with E-state index in [4.69, 9.17) is 0 Å². The third kappa shape index (κ3) is 6.86. The number of piperazine rings is 1. The number of aryl methyl sites for hydroxylation is 1. The molecule has 1 aliphatic heterocycles. The largest absolute Gasteiger partial charge is 0.356 e. The van der Waals surface area contributed by atoms with E-state index in [0.29, 0.717) is 6.42 Å². The molecule has 1 amide bonds. The molecule has 0 bridgehead atoms. The molecule has 0 unspecified atom stereocenters. The Morgan fingerprint density at radius 2 is 1.68 bits per heavy atom. The smallest absolute Gasteiger partial charge is 0.220 e. The van der Waals surface area contributed by atoms with Crippen LogP contribution in [0.3, 0.4) is 0 Å². The average Bonchev–Trinajstić information content (AvgIpc) is 3.22. The summed E-state index contributed by atoms with van der Waals surface area (Å²) in [5.41, 5.74) is 2.43. The van der Waals surface area contributed by atoms with Crippen LogP contribution >= 0.6 is 11.3 Å². The predicted octanol–water partition coefficient (Wildman–Crippen LogP) is 3.94. The molecule has 164 valence electrons. The topological polar surface area (TPSA) is 48.5 Å². The lowest BCUT2D eigenvalue weighted by Gasteiger charge is -2.34. The van der Waals surface area contributed by atoms with Crippen molar-refractivity contribution in [1.82, 2.24) is 20.1 Å². The van der Waals surface area contributed by atoms with E-state index < -0.39 is 0 Å². The number of rotatable bonds is 10. The van der Waals surface area contributed by atoms with Gasteiger partial charge in [0.2, 0.25) is 5.91 Å². The highest BCUT2D eigenvalue weighted by molar-refractivity contribution is 7.18. The van der Waals surface area contributed by atoms with E-state index in [1.165, 1.54) is 10.3 Å². The second-order valence-electron chi connectivity index (χ2n) is 8.24. The standard InChI is InChI=1S/C25H32N4OS/c30-24(12-13-25-27-22-10-4-5-11-23(22)31-25)26-14-6-7-15-28-16-18-29(19-17-28)20-21-8-2-1-3-9-21/h1-5,8-11H,6-7,12-20H2,(H,26,30). The minimum absolute atomic E-state index is 0.133. The molecule has 1 saturated heterocycles. The maximum absolute atomic E-state index is 12.1. The Morgan fingerprint density at radius 1 is 0.935 bits per heavy atom. The first-order chi connectivity index (χ1) is 15.3. The summed E-state index contributed by atoms with van der Waals surface area (Å²) >= 11 is 1.69. The summed E-state index contributed by atoms with van der Waals surface area (Å²) in [6.45, 7) is 7.50. The summed E-state index contributed by atoms with van der Waals surface area (Å²) in [5, 5.41) is 4.11. The van der Waals surface area contributed by atoms with E-state index in [-0.39, 0.29) is 5.91 Å². The summed E-state index contributed by atoms with van der Waals surface area (Å²) < 4.78 is 1.19. The number of thiazole rings is 1. The second-order valence-corrected chi connectivity index (χ2v) is 9.35. The van der Waals surface area contributed by atoms with Gasteiger partial charge < -0.3 is 10.2 Å². The first-order valence-corrected chi connectivity index (χ1v) is 12.2. The highest BCUT2D eigenvalue weighted by atomic mass is 32.1. The van der Waals surface area contributed by atoms with Gasteiger partial charge in [-0.2, -0.15) is 0 Å². The number of hydrogen-bond donors (Lipinski definition) is 1. The molecule has 2 heterocycles. The molecule has 31 heavy (non-hydrogen) atoms. The lowest BCUT2D eigenvalue weighted by molar-refractivity contribution is -0.121. The Hall–Kier alpha value is -2.28. The van der Waals surface area contributed by atoms with Crippen molar-refractivity contribution < 1.29 is 4.79 Å². The molecular weight excluding hydrogens is 404 g/mol. The number of para-hydroxylation sites is 1. The lowest BCUT2D eigenvalue weighted by atomic mass is 10.2. The molecule has 1 fully saturated rings. The fourth-order valence-electron chi connectivity index (χ4n) is 4.04. The summed E-state index contributed by atoms with van der Waals surface area (Å²) in [7, 11) is 0. The van der Waals surface area contributed by atoms with E-state index in [1.807, 2.05) is 18.2 Å². The SMILES string of the molecule is O=C(CCc1nc2ccccc2s1)NCCCCN1CCN(Cc2ccccc2)CC1. The second kappa shape index (κ2) is 11.4. The molecule has 1 aliphatic rings. The summed E-state index contributed by atoms with van der Waals surface area (Å²) in [6, 6.07) is 18.9. The van der Waals surface area contributed by atoms with Crippen LogP contribution in [-0.4, -0.2) is 60.0 Å². The van der Waals surface area contributed by atoms with Crippen LogP contribution in [0, 0.1) is 0 Å². The Bertz CT molecular complexity index is 917. The number of amides is 1. The number of fused-ring (bicyclic) bond motifs is 1. The number of hydrogen-bond acceptors (Lipinski definition) is 5. The highest BCUT2D eigenvalue weighted by Crippen LogP contribution is 2.22. The third-order valence-electron chi connectivity index (χ3n) is 5.84. The molecule has 3 aromatic rings. The minimum atomic E-state index is 0.133. The normalized spacial score (nSPS) is 15.4. The average molecular weight is 437 g/mol. The first kappa shape index (κ1) is 21.9. The number of aromatic nitrogens is 1. The summed E-state index contributed by atoms with van der Waals surface area (Å²) in [6.07, 6.45) is 3.41. The van der Waals surface area contributed by atoms with Gasteiger partial charge in [0, 0.05) is 52.1 Å². The Balaban J connectivity index is 1.04. The van der Waals surface area contributed by atoms with E-state index in [2.05, 4.69) is 56.5 Å². The van der Waals surface area contributed by atoms with Crippen molar-refractivity contribution >= 4 is 27.5 Å². The van der Waals surface area contributed by atoms with Crippen molar-refractivity contribution in [2.24, 2.45) is 0 Å². The zero-order valence-electron chi connectivity index (χ0n) is 18.1. The van der Waals surface area contributed by atoms with Gasteiger partial charge >= 0.3 is 0 Å². The molecule has 5 nitrogen and oxygen atoms in total. The Labute approximate surface area is 189 Å². The van der Waals surface area contributed by atoms with Crippen LogP contribution in [0.15, 0.2) is 54.6 Å². The number of unbranched alkanes of at least 4 members (excludes halogenated alkanes) is 1. The van der Waals surface area contributed by atoms with E-state index in [0.717, 1.165) is 75.6 Å².